The number of hydrogen-bond donors (Lipinski definition) is 1. The van der Waals surface area contributed by atoms with Gasteiger partial charge in [0.25, 0.3) is 0 Å². The summed E-state index contributed by atoms with van der Waals surface area (Å²) in [5.74, 6) is -0.305. The fourth-order valence-electron chi connectivity index (χ4n) is 1.70. The van der Waals surface area contributed by atoms with Crippen molar-refractivity contribution >= 4 is 9.84 Å². The molecule has 1 atom stereocenters. The summed E-state index contributed by atoms with van der Waals surface area (Å²) < 4.78 is 24.1. The molecule has 0 radical (unpaired) electrons. The third kappa shape index (κ3) is 2.97. The highest BCUT2D eigenvalue weighted by Crippen LogP contribution is 2.19. The monoisotopic (exact) mass is 262 g/mol. The van der Waals surface area contributed by atoms with E-state index >= 15 is 0 Å². The Labute approximate surface area is 107 Å². The van der Waals surface area contributed by atoms with Crippen LogP contribution in [0.4, 0.5) is 0 Å². The third-order valence-corrected chi connectivity index (χ3v) is 4.41. The molecule has 1 unspecified atom stereocenters. The van der Waals surface area contributed by atoms with Gasteiger partial charge in [0.2, 0.25) is 0 Å². The molecular formula is C14H14O3S. The third-order valence-electron chi connectivity index (χ3n) is 2.66. The molecule has 2 aromatic rings. The van der Waals surface area contributed by atoms with E-state index in [1.165, 1.54) is 12.1 Å². The quantitative estimate of drug-likeness (QED) is 0.919. The first kappa shape index (κ1) is 12.8. The van der Waals surface area contributed by atoms with E-state index in [0.717, 1.165) is 0 Å². The predicted octanol–water partition coefficient (Wildman–Crippen LogP) is 2.19. The molecule has 0 bridgehead atoms. The smallest absolute Gasteiger partial charge is 0.181 e. The number of aliphatic hydroxyl groups is 1. The molecule has 0 aromatic heterocycles. The fourth-order valence-corrected chi connectivity index (χ4v) is 3.08. The van der Waals surface area contributed by atoms with Gasteiger partial charge in [-0.05, 0) is 17.7 Å². The SMILES string of the molecule is O=S(=O)(CC(O)c1ccccc1)c1ccccc1. The fraction of sp³-hybridized carbons (Fsp3) is 0.143. The number of hydrogen-bond acceptors (Lipinski definition) is 3. The van der Waals surface area contributed by atoms with Crippen LogP contribution < -0.4 is 0 Å². The van der Waals surface area contributed by atoms with Crippen molar-refractivity contribution < 1.29 is 13.5 Å². The highest BCUT2D eigenvalue weighted by Gasteiger charge is 2.20. The molecule has 2 aromatic carbocycles. The summed E-state index contributed by atoms with van der Waals surface area (Å²) in [6.45, 7) is 0. The van der Waals surface area contributed by atoms with Crippen molar-refractivity contribution in [3.8, 4) is 0 Å². The van der Waals surface area contributed by atoms with E-state index in [0.29, 0.717) is 5.56 Å². The second kappa shape index (κ2) is 5.33. The Kier molecular flexibility index (Phi) is 3.79. The molecule has 4 heteroatoms. The molecule has 0 fully saturated rings. The first-order valence-corrected chi connectivity index (χ1v) is 7.25. The van der Waals surface area contributed by atoms with E-state index in [-0.39, 0.29) is 10.6 Å². The number of benzene rings is 2. The number of aliphatic hydroxyl groups excluding tert-OH is 1. The first-order chi connectivity index (χ1) is 8.59. The van der Waals surface area contributed by atoms with E-state index in [4.69, 9.17) is 0 Å². The zero-order valence-electron chi connectivity index (χ0n) is 9.73. The zero-order chi connectivity index (χ0) is 13.0. The molecule has 0 heterocycles. The van der Waals surface area contributed by atoms with Gasteiger partial charge in [0.1, 0.15) is 0 Å². The molecule has 0 saturated heterocycles. The topological polar surface area (TPSA) is 54.4 Å². The lowest BCUT2D eigenvalue weighted by Crippen LogP contribution is -2.14. The summed E-state index contributed by atoms with van der Waals surface area (Å²) in [5.41, 5.74) is 0.608. The molecule has 2 rings (SSSR count). The molecule has 0 aliphatic rings. The van der Waals surface area contributed by atoms with Gasteiger partial charge in [-0.3, -0.25) is 0 Å². The van der Waals surface area contributed by atoms with Crippen LogP contribution in [0.2, 0.25) is 0 Å². The number of rotatable bonds is 4. The maximum absolute atomic E-state index is 12.1. The lowest BCUT2D eigenvalue weighted by molar-refractivity contribution is 0.201. The van der Waals surface area contributed by atoms with Gasteiger partial charge >= 0.3 is 0 Å². The van der Waals surface area contributed by atoms with Crippen molar-refractivity contribution in [1.82, 2.24) is 0 Å². The second-order valence-corrected chi connectivity index (χ2v) is 6.06. The molecule has 18 heavy (non-hydrogen) atoms. The Balaban J connectivity index is 2.20. The van der Waals surface area contributed by atoms with E-state index < -0.39 is 15.9 Å². The minimum atomic E-state index is -3.46. The second-order valence-electron chi connectivity index (χ2n) is 4.02. The molecule has 0 spiro atoms. The van der Waals surface area contributed by atoms with Crippen molar-refractivity contribution in [2.45, 2.75) is 11.0 Å². The Bertz CT molecular complexity index is 591. The standard InChI is InChI=1S/C14H14O3S/c15-14(12-7-3-1-4-8-12)11-18(16,17)13-9-5-2-6-10-13/h1-10,14-15H,11H2. The summed E-state index contributed by atoms with van der Waals surface area (Å²) in [7, 11) is -3.46. The van der Waals surface area contributed by atoms with E-state index in [2.05, 4.69) is 0 Å². The summed E-state index contributed by atoms with van der Waals surface area (Å²) in [4.78, 5) is 0.236. The Hall–Kier alpha value is -1.65. The molecule has 1 N–H and O–H groups in total. The van der Waals surface area contributed by atoms with Gasteiger partial charge in [-0.2, -0.15) is 0 Å². The normalized spacial score (nSPS) is 13.2. The summed E-state index contributed by atoms with van der Waals surface area (Å²) in [6.07, 6.45) is -1.00. The van der Waals surface area contributed by atoms with Gasteiger partial charge in [0, 0.05) is 0 Å². The van der Waals surface area contributed by atoms with Crippen LogP contribution in [-0.4, -0.2) is 19.3 Å². The van der Waals surface area contributed by atoms with Crippen LogP contribution in [0.15, 0.2) is 65.6 Å². The highest BCUT2D eigenvalue weighted by atomic mass is 32.2. The van der Waals surface area contributed by atoms with Gasteiger partial charge in [-0.25, -0.2) is 8.42 Å². The summed E-state index contributed by atoms with van der Waals surface area (Å²) >= 11 is 0. The average Bonchev–Trinajstić information content (AvgIpc) is 2.40. The average molecular weight is 262 g/mol. The Morgan fingerprint density at radius 2 is 1.39 bits per heavy atom. The van der Waals surface area contributed by atoms with Crippen LogP contribution in [0.1, 0.15) is 11.7 Å². The van der Waals surface area contributed by atoms with Crippen LogP contribution in [0.25, 0.3) is 0 Å². The van der Waals surface area contributed by atoms with Crippen molar-refractivity contribution in [1.29, 1.82) is 0 Å². The van der Waals surface area contributed by atoms with Crippen molar-refractivity contribution in [3.05, 3.63) is 66.2 Å². The maximum Gasteiger partial charge on any atom is 0.181 e. The molecule has 94 valence electrons. The largest absolute Gasteiger partial charge is 0.387 e. The van der Waals surface area contributed by atoms with Gasteiger partial charge in [0.05, 0.1) is 16.8 Å². The summed E-state index contributed by atoms with van der Waals surface area (Å²) in [6, 6.07) is 17.0. The van der Waals surface area contributed by atoms with Crippen LogP contribution in [0.3, 0.4) is 0 Å². The van der Waals surface area contributed by atoms with Gasteiger partial charge < -0.3 is 5.11 Å². The number of sulfone groups is 1. The van der Waals surface area contributed by atoms with Crippen LogP contribution in [0, 0.1) is 0 Å². The summed E-state index contributed by atoms with van der Waals surface area (Å²) in [5, 5.41) is 9.94. The van der Waals surface area contributed by atoms with Crippen molar-refractivity contribution in [2.75, 3.05) is 5.75 Å². The molecule has 0 amide bonds. The zero-order valence-corrected chi connectivity index (χ0v) is 10.5. The van der Waals surface area contributed by atoms with Gasteiger partial charge in [-0.15, -0.1) is 0 Å². The van der Waals surface area contributed by atoms with Crippen LogP contribution in [-0.2, 0) is 9.84 Å². The lowest BCUT2D eigenvalue weighted by Gasteiger charge is -2.11. The lowest BCUT2D eigenvalue weighted by atomic mass is 10.1. The minimum absolute atomic E-state index is 0.236. The maximum atomic E-state index is 12.1. The van der Waals surface area contributed by atoms with E-state index in [1.807, 2.05) is 6.07 Å². The Morgan fingerprint density at radius 3 is 1.94 bits per heavy atom. The van der Waals surface area contributed by atoms with Gasteiger partial charge in [0.15, 0.2) is 9.84 Å². The minimum Gasteiger partial charge on any atom is -0.387 e. The predicted molar refractivity (Wildman–Crippen MR) is 69.9 cm³/mol. The van der Waals surface area contributed by atoms with Crippen molar-refractivity contribution in [2.24, 2.45) is 0 Å². The van der Waals surface area contributed by atoms with Gasteiger partial charge in [-0.1, -0.05) is 48.5 Å². The van der Waals surface area contributed by atoms with E-state index in [1.54, 1.807) is 42.5 Å². The van der Waals surface area contributed by atoms with Crippen LogP contribution >= 0.6 is 0 Å². The molecular weight excluding hydrogens is 248 g/mol. The van der Waals surface area contributed by atoms with E-state index in [9.17, 15) is 13.5 Å². The highest BCUT2D eigenvalue weighted by molar-refractivity contribution is 7.91. The molecule has 3 nitrogen and oxygen atoms in total. The first-order valence-electron chi connectivity index (χ1n) is 5.60. The van der Waals surface area contributed by atoms with Crippen LogP contribution in [0.5, 0.6) is 0 Å². The Morgan fingerprint density at radius 1 is 0.889 bits per heavy atom. The van der Waals surface area contributed by atoms with Crippen molar-refractivity contribution in [3.63, 3.8) is 0 Å². The molecule has 0 saturated carbocycles. The molecule has 0 aliphatic carbocycles. The molecule has 0 aliphatic heterocycles.